The first-order valence-corrected chi connectivity index (χ1v) is 4.21. The Hall–Kier alpha value is -0.980. The van der Waals surface area contributed by atoms with Gasteiger partial charge in [-0.2, -0.15) is 13.2 Å². The highest BCUT2D eigenvalue weighted by Crippen LogP contribution is 2.10. The van der Waals surface area contributed by atoms with Gasteiger partial charge < -0.3 is 9.80 Å². The number of rotatable bonds is 0. The Balaban J connectivity index is 2.38. The van der Waals surface area contributed by atoms with E-state index in [1.54, 1.807) is 0 Å². The van der Waals surface area contributed by atoms with Gasteiger partial charge in [-0.25, -0.2) is 10.1 Å². The second kappa shape index (κ2) is 4.04. The maximum Gasteiger partial charge on any atom is 0.485 e. The number of likely N-dealkylation sites (N-methyl/N-ethyl adjacent to an activating group) is 1. The van der Waals surface area contributed by atoms with Crippen LogP contribution in [0.2, 0.25) is 0 Å². The standard InChI is InChI=1S/C7H12F3N3O/c1-12-2-4-13(5-3-12)6(14)11-7(8,9)10/h2-5H2,1H3,(H,11,14). The molecule has 0 bridgehead atoms. The number of hydrogen-bond acceptors (Lipinski definition) is 2. The van der Waals surface area contributed by atoms with E-state index in [0.717, 1.165) is 10.2 Å². The molecule has 0 unspecified atom stereocenters. The van der Waals surface area contributed by atoms with Crippen LogP contribution in [0, 0.1) is 0 Å². The minimum absolute atomic E-state index is 0.332. The number of nitrogens with one attached hydrogen (secondary N) is 1. The smallest absolute Gasteiger partial charge is 0.322 e. The lowest BCUT2D eigenvalue weighted by molar-refractivity contribution is -0.147. The molecule has 0 aliphatic carbocycles. The van der Waals surface area contributed by atoms with Crippen LogP contribution in [0.15, 0.2) is 0 Å². The fourth-order valence-electron chi connectivity index (χ4n) is 1.21. The van der Waals surface area contributed by atoms with Gasteiger partial charge in [0.05, 0.1) is 0 Å². The molecule has 0 aromatic carbocycles. The van der Waals surface area contributed by atoms with Gasteiger partial charge in [-0.3, -0.25) is 0 Å². The Morgan fingerprint density at radius 3 is 2.14 bits per heavy atom. The van der Waals surface area contributed by atoms with E-state index in [1.807, 2.05) is 11.9 Å². The van der Waals surface area contributed by atoms with Crippen molar-refractivity contribution in [2.45, 2.75) is 6.30 Å². The molecule has 0 spiro atoms. The maximum absolute atomic E-state index is 11.8. The Morgan fingerprint density at radius 2 is 1.71 bits per heavy atom. The Bertz CT molecular complexity index is 211. The lowest BCUT2D eigenvalue weighted by Gasteiger charge is -2.32. The number of urea groups is 1. The third-order valence-electron chi connectivity index (χ3n) is 2.04. The van der Waals surface area contributed by atoms with Gasteiger partial charge in [0, 0.05) is 26.2 Å². The van der Waals surface area contributed by atoms with Crippen molar-refractivity contribution < 1.29 is 18.0 Å². The van der Waals surface area contributed by atoms with Gasteiger partial charge in [0.1, 0.15) is 0 Å². The van der Waals surface area contributed by atoms with Crippen molar-refractivity contribution in [3.05, 3.63) is 0 Å². The SMILES string of the molecule is CN1CCN(C(=O)NC(F)(F)F)CC1. The zero-order valence-electron chi connectivity index (χ0n) is 7.76. The summed E-state index contributed by atoms with van der Waals surface area (Å²) in [5.74, 6) is 0. The summed E-state index contributed by atoms with van der Waals surface area (Å²) in [4.78, 5) is 14.1. The molecular formula is C7H12F3N3O. The molecule has 82 valence electrons. The zero-order valence-corrected chi connectivity index (χ0v) is 7.76. The Kier molecular flexibility index (Phi) is 3.20. The van der Waals surface area contributed by atoms with Crippen LogP contribution in [-0.4, -0.2) is 55.4 Å². The Morgan fingerprint density at radius 1 is 1.21 bits per heavy atom. The van der Waals surface area contributed by atoms with Crippen LogP contribution in [0.3, 0.4) is 0 Å². The number of piperazine rings is 1. The first kappa shape index (κ1) is 11.1. The van der Waals surface area contributed by atoms with E-state index in [2.05, 4.69) is 0 Å². The predicted molar refractivity (Wildman–Crippen MR) is 43.7 cm³/mol. The lowest BCUT2D eigenvalue weighted by Crippen LogP contribution is -2.53. The van der Waals surface area contributed by atoms with Crippen molar-refractivity contribution in [1.82, 2.24) is 15.1 Å². The number of carbonyl (C=O) groups is 1. The lowest BCUT2D eigenvalue weighted by atomic mass is 10.3. The van der Waals surface area contributed by atoms with E-state index in [4.69, 9.17) is 0 Å². The molecule has 0 aromatic rings. The summed E-state index contributed by atoms with van der Waals surface area (Å²) in [6, 6.07) is -1.06. The number of halogens is 3. The second-order valence-electron chi connectivity index (χ2n) is 3.22. The molecule has 14 heavy (non-hydrogen) atoms. The number of alkyl halides is 3. The van der Waals surface area contributed by atoms with Crippen LogP contribution >= 0.6 is 0 Å². The molecule has 0 radical (unpaired) electrons. The number of amides is 2. The monoisotopic (exact) mass is 211 g/mol. The molecule has 0 saturated carbocycles. The molecule has 1 rings (SSSR count). The molecular weight excluding hydrogens is 199 g/mol. The summed E-state index contributed by atoms with van der Waals surface area (Å²) >= 11 is 0. The van der Waals surface area contributed by atoms with Crippen LogP contribution in [-0.2, 0) is 0 Å². The van der Waals surface area contributed by atoms with Crippen LogP contribution in [0.4, 0.5) is 18.0 Å². The van der Waals surface area contributed by atoms with Gasteiger partial charge in [0.25, 0.3) is 0 Å². The fourth-order valence-corrected chi connectivity index (χ4v) is 1.21. The van der Waals surface area contributed by atoms with Gasteiger partial charge >= 0.3 is 12.3 Å². The van der Waals surface area contributed by atoms with Crippen LogP contribution in [0.25, 0.3) is 0 Å². The molecule has 1 aliphatic heterocycles. The summed E-state index contributed by atoms with van der Waals surface area (Å²) in [7, 11) is 1.86. The van der Waals surface area contributed by atoms with E-state index < -0.39 is 12.3 Å². The van der Waals surface area contributed by atoms with Crippen molar-refractivity contribution in [2.75, 3.05) is 33.2 Å². The molecule has 0 aromatic heterocycles. The van der Waals surface area contributed by atoms with Crippen molar-refractivity contribution >= 4 is 6.03 Å². The summed E-state index contributed by atoms with van der Waals surface area (Å²) in [6.45, 7) is 1.87. The number of nitrogens with zero attached hydrogens (tertiary/aromatic N) is 2. The maximum atomic E-state index is 11.8. The van der Waals surface area contributed by atoms with Crippen molar-refractivity contribution in [1.29, 1.82) is 0 Å². The summed E-state index contributed by atoms with van der Waals surface area (Å²) in [5.41, 5.74) is 0. The third-order valence-corrected chi connectivity index (χ3v) is 2.04. The summed E-state index contributed by atoms with van der Waals surface area (Å²) in [6.07, 6.45) is -4.64. The molecule has 1 aliphatic rings. The molecule has 1 N–H and O–H groups in total. The molecule has 2 amide bonds. The van der Waals surface area contributed by atoms with E-state index in [-0.39, 0.29) is 0 Å². The Labute approximate surface area is 79.7 Å². The summed E-state index contributed by atoms with van der Waals surface area (Å²) in [5, 5.41) is 0.972. The highest BCUT2D eigenvalue weighted by Gasteiger charge is 2.32. The third kappa shape index (κ3) is 3.41. The molecule has 7 heteroatoms. The fraction of sp³-hybridized carbons (Fsp3) is 0.857. The summed E-state index contributed by atoms with van der Waals surface area (Å²) < 4.78 is 35.3. The van der Waals surface area contributed by atoms with Crippen LogP contribution in [0.5, 0.6) is 0 Å². The molecule has 1 fully saturated rings. The van der Waals surface area contributed by atoms with Gasteiger partial charge in [0.15, 0.2) is 0 Å². The van der Waals surface area contributed by atoms with E-state index >= 15 is 0 Å². The van der Waals surface area contributed by atoms with E-state index in [9.17, 15) is 18.0 Å². The normalized spacial score (nSPS) is 19.6. The van der Waals surface area contributed by atoms with Crippen LogP contribution < -0.4 is 5.32 Å². The van der Waals surface area contributed by atoms with Crippen molar-refractivity contribution in [2.24, 2.45) is 0 Å². The second-order valence-corrected chi connectivity index (χ2v) is 3.22. The number of hydrogen-bond donors (Lipinski definition) is 1. The van der Waals surface area contributed by atoms with Crippen molar-refractivity contribution in [3.63, 3.8) is 0 Å². The minimum atomic E-state index is -4.64. The topological polar surface area (TPSA) is 35.6 Å². The molecule has 1 saturated heterocycles. The molecule has 4 nitrogen and oxygen atoms in total. The first-order valence-electron chi connectivity index (χ1n) is 4.21. The average Bonchev–Trinajstić information content (AvgIpc) is 2.02. The predicted octanol–water partition coefficient (Wildman–Crippen LogP) is 0.463. The zero-order chi connectivity index (χ0) is 10.8. The average molecular weight is 211 g/mol. The largest absolute Gasteiger partial charge is 0.485 e. The number of carbonyl (C=O) groups excluding carboxylic acids is 1. The first-order chi connectivity index (χ1) is 6.38. The van der Waals surface area contributed by atoms with Gasteiger partial charge in [-0.15, -0.1) is 0 Å². The van der Waals surface area contributed by atoms with Gasteiger partial charge in [-0.1, -0.05) is 0 Å². The van der Waals surface area contributed by atoms with Gasteiger partial charge in [0.2, 0.25) is 0 Å². The highest BCUT2D eigenvalue weighted by molar-refractivity contribution is 5.74. The minimum Gasteiger partial charge on any atom is -0.322 e. The van der Waals surface area contributed by atoms with Gasteiger partial charge in [-0.05, 0) is 7.05 Å². The van der Waals surface area contributed by atoms with Crippen LogP contribution in [0.1, 0.15) is 0 Å². The molecule has 1 heterocycles. The van der Waals surface area contributed by atoms with E-state index in [1.165, 1.54) is 0 Å². The van der Waals surface area contributed by atoms with E-state index in [0.29, 0.717) is 26.2 Å². The highest BCUT2D eigenvalue weighted by atomic mass is 19.4. The van der Waals surface area contributed by atoms with Crippen molar-refractivity contribution in [3.8, 4) is 0 Å². The molecule has 0 atom stereocenters. The quantitative estimate of drug-likeness (QED) is 0.591.